The summed E-state index contributed by atoms with van der Waals surface area (Å²) in [7, 11) is 0. The molecule has 0 bridgehead atoms. The summed E-state index contributed by atoms with van der Waals surface area (Å²) in [6.45, 7) is 0.918. The van der Waals surface area contributed by atoms with Gasteiger partial charge in [0.1, 0.15) is 16.4 Å². The van der Waals surface area contributed by atoms with E-state index in [0.717, 1.165) is 6.92 Å². The fourth-order valence-electron chi connectivity index (χ4n) is 0.890. The summed E-state index contributed by atoms with van der Waals surface area (Å²) in [4.78, 5) is 3.79. The highest BCUT2D eigenvalue weighted by atomic mass is 32.1. The number of aromatic nitrogens is 1. The lowest BCUT2D eigenvalue weighted by molar-refractivity contribution is -0.189. The average Bonchev–Trinajstić information content (AvgIpc) is 2.16. The molecule has 1 aromatic rings. The van der Waals surface area contributed by atoms with Crippen molar-refractivity contribution in [3.05, 3.63) is 24.0 Å². The first-order valence-corrected chi connectivity index (χ1v) is 4.71. The second-order valence-corrected chi connectivity index (χ2v) is 3.48. The van der Waals surface area contributed by atoms with Crippen molar-refractivity contribution in [2.45, 2.75) is 19.2 Å². The van der Waals surface area contributed by atoms with Crippen LogP contribution in [0.4, 0.5) is 13.2 Å². The lowest BCUT2D eigenvalue weighted by Gasteiger charge is -2.17. The summed E-state index contributed by atoms with van der Waals surface area (Å²) < 4.78 is 41.3. The Morgan fingerprint density at radius 2 is 2.19 bits per heavy atom. The molecule has 0 aliphatic rings. The summed E-state index contributed by atoms with van der Waals surface area (Å²) in [5, 5.41) is 0. The van der Waals surface area contributed by atoms with Gasteiger partial charge in [-0.15, -0.1) is 0 Å². The van der Waals surface area contributed by atoms with Gasteiger partial charge in [-0.3, -0.25) is 4.98 Å². The highest BCUT2D eigenvalue weighted by Crippen LogP contribution is 2.24. The topological polar surface area (TPSA) is 48.1 Å². The number of alkyl halides is 3. The van der Waals surface area contributed by atoms with Crippen LogP contribution in [-0.4, -0.2) is 22.3 Å². The van der Waals surface area contributed by atoms with Crippen LogP contribution in [0.2, 0.25) is 0 Å². The van der Waals surface area contributed by atoms with Crippen molar-refractivity contribution in [3.63, 3.8) is 0 Å². The van der Waals surface area contributed by atoms with Crippen LogP contribution in [0.3, 0.4) is 0 Å². The fourth-order valence-corrected chi connectivity index (χ4v) is 1.00. The molecule has 1 heterocycles. The van der Waals surface area contributed by atoms with Gasteiger partial charge in [0.15, 0.2) is 6.10 Å². The van der Waals surface area contributed by atoms with Gasteiger partial charge in [0.25, 0.3) is 0 Å². The zero-order chi connectivity index (χ0) is 12.3. The summed E-state index contributed by atoms with van der Waals surface area (Å²) in [6, 6.07) is 2.58. The summed E-state index contributed by atoms with van der Waals surface area (Å²) >= 11 is 4.65. The van der Waals surface area contributed by atoms with E-state index in [2.05, 4.69) is 21.9 Å². The first-order valence-electron chi connectivity index (χ1n) is 4.30. The van der Waals surface area contributed by atoms with Crippen LogP contribution in [0.15, 0.2) is 18.3 Å². The molecule has 0 saturated carbocycles. The lowest BCUT2D eigenvalue weighted by atomic mass is 10.3. The Balaban J connectivity index is 2.82. The Bertz CT molecular complexity index is 395. The maximum absolute atomic E-state index is 12.2. The molecule has 1 unspecified atom stereocenters. The summed E-state index contributed by atoms with van der Waals surface area (Å²) in [6.07, 6.45) is -5.02. The van der Waals surface area contributed by atoms with Gasteiger partial charge >= 0.3 is 6.18 Å². The van der Waals surface area contributed by atoms with Crippen molar-refractivity contribution in [1.82, 2.24) is 4.98 Å². The van der Waals surface area contributed by atoms with E-state index < -0.39 is 12.3 Å². The number of pyridine rings is 1. The number of halogens is 3. The van der Waals surface area contributed by atoms with E-state index in [1.54, 1.807) is 0 Å². The Kier molecular flexibility index (Phi) is 3.69. The third-order valence-corrected chi connectivity index (χ3v) is 1.97. The Hall–Kier alpha value is -1.37. The Morgan fingerprint density at radius 3 is 2.69 bits per heavy atom. The third kappa shape index (κ3) is 3.34. The number of nitrogens with two attached hydrogens (primary N) is 1. The van der Waals surface area contributed by atoms with Crippen LogP contribution < -0.4 is 10.5 Å². The van der Waals surface area contributed by atoms with Gasteiger partial charge in [-0.2, -0.15) is 13.2 Å². The molecule has 0 saturated heterocycles. The predicted molar refractivity (Wildman–Crippen MR) is 56.3 cm³/mol. The molecule has 16 heavy (non-hydrogen) atoms. The first kappa shape index (κ1) is 12.7. The second kappa shape index (κ2) is 4.65. The van der Waals surface area contributed by atoms with E-state index in [4.69, 9.17) is 5.73 Å². The monoisotopic (exact) mass is 250 g/mol. The van der Waals surface area contributed by atoms with Gasteiger partial charge in [-0.05, 0) is 13.0 Å². The predicted octanol–water partition coefficient (Wildman–Crippen LogP) is 2.05. The van der Waals surface area contributed by atoms with Crippen molar-refractivity contribution >= 4 is 17.2 Å². The molecule has 0 aliphatic carbocycles. The highest BCUT2D eigenvalue weighted by Gasteiger charge is 2.38. The minimum absolute atomic E-state index is 0.00473. The van der Waals surface area contributed by atoms with Crippen LogP contribution in [0.5, 0.6) is 5.75 Å². The molecule has 3 nitrogen and oxygen atoms in total. The molecule has 0 fully saturated rings. The van der Waals surface area contributed by atoms with Crippen LogP contribution in [0.1, 0.15) is 12.6 Å². The largest absolute Gasteiger partial charge is 0.481 e. The van der Waals surface area contributed by atoms with Gasteiger partial charge in [0.2, 0.25) is 0 Å². The maximum atomic E-state index is 12.2. The molecule has 1 aromatic heterocycles. The van der Waals surface area contributed by atoms with Crippen LogP contribution in [0, 0.1) is 0 Å². The Labute approximate surface area is 95.4 Å². The molecule has 0 radical (unpaired) electrons. The van der Waals surface area contributed by atoms with E-state index >= 15 is 0 Å². The molecule has 0 aromatic carbocycles. The number of hydrogen-bond donors (Lipinski definition) is 1. The molecule has 0 aliphatic heterocycles. The normalized spacial score (nSPS) is 13.2. The zero-order valence-corrected chi connectivity index (χ0v) is 9.10. The van der Waals surface area contributed by atoms with E-state index in [9.17, 15) is 13.2 Å². The van der Waals surface area contributed by atoms with E-state index in [1.165, 1.54) is 18.3 Å². The smallest absolute Gasteiger partial charge is 0.425 e. The van der Waals surface area contributed by atoms with Gasteiger partial charge in [-0.1, -0.05) is 12.2 Å². The molecule has 1 atom stereocenters. The summed E-state index contributed by atoms with van der Waals surface area (Å²) in [5.74, 6) is 0.0302. The second-order valence-electron chi connectivity index (χ2n) is 3.04. The minimum atomic E-state index is -4.41. The van der Waals surface area contributed by atoms with Crippen LogP contribution in [0.25, 0.3) is 0 Å². The standard InChI is InChI=1S/C9H9F3N2OS/c1-5(9(10,11)12)15-6-2-3-14-7(4-6)8(13)16/h2-5H,1H3,(H2,13,16). The number of nitrogens with zero attached hydrogens (tertiary/aromatic N) is 1. The summed E-state index contributed by atoms with van der Waals surface area (Å²) in [5.41, 5.74) is 5.51. The van der Waals surface area contributed by atoms with Gasteiger partial charge in [0.05, 0.1) is 0 Å². The van der Waals surface area contributed by atoms with Gasteiger partial charge in [-0.25, -0.2) is 0 Å². The quantitative estimate of drug-likeness (QED) is 0.834. The molecular weight excluding hydrogens is 241 g/mol. The molecular formula is C9H9F3N2OS. The van der Waals surface area contributed by atoms with Gasteiger partial charge < -0.3 is 10.5 Å². The maximum Gasteiger partial charge on any atom is 0.425 e. The number of rotatable bonds is 3. The number of hydrogen-bond acceptors (Lipinski definition) is 3. The molecule has 7 heteroatoms. The average molecular weight is 250 g/mol. The van der Waals surface area contributed by atoms with Crippen molar-refractivity contribution in [1.29, 1.82) is 0 Å². The zero-order valence-electron chi connectivity index (χ0n) is 8.28. The highest BCUT2D eigenvalue weighted by molar-refractivity contribution is 7.80. The van der Waals surface area contributed by atoms with E-state index in [0.29, 0.717) is 0 Å². The molecule has 1 rings (SSSR count). The third-order valence-electron chi connectivity index (χ3n) is 1.76. The number of thiocarbonyl (C=S) groups is 1. The Morgan fingerprint density at radius 1 is 1.56 bits per heavy atom. The molecule has 0 amide bonds. The van der Waals surface area contributed by atoms with Crippen LogP contribution >= 0.6 is 12.2 Å². The number of ether oxygens (including phenoxy) is 1. The SMILES string of the molecule is CC(Oc1ccnc(C(N)=S)c1)C(F)(F)F. The minimum Gasteiger partial charge on any atom is -0.481 e. The van der Waals surface area contributed by atoms with E-state index in [1.807, 2.05) is 0 Å². The van der Waals surface area contributed by atoms with Crippen molar-refractivity contribution in [2.75, 3.05) is 0 Å². The van der Waals surface area contributed by atoms with Crippen molar-refractivity contribution < 1.29 is 17.9 Å². The van der Waals surface area contributed by atoms with Crippen molar-refractivity contribution in [3.8, 4) is 5.75 Å². The first-order chi connectivity index (χ1) is 7.30. The lowest BCUT2D eigenvalue weighted by Crippen LogP contribution is -2.31. The van der Waals surface area contributed by atoms with Crippen molar-refractivity contribution in [2.24, 2.45) is 5.73 Å². The molecule has 2 N–H and O–H groups in total. The molecule has 0 spiro atoms. The van der Waals surface area contributed by atoms with Crippen LogP contribution in [-0.2, 0) is 0 Å². The fraction of sp³-hybridized carbons (Fsp3) is 0.333. The van der Waals surface area contributed by atoms with Gasteiger partial charge in [0, 0.05) is 12.3 Å². The van der Waals surface area contributed by atoms with E-state index in [-0.39, 0.29) is 16.4 Å². The molecule has 88 valence electrons.